The summed E-state index contributed by atoms with van der Waals surface area (Å²) in [6, 6.07) is 5.12. The summed E-state index contributed by atoms with van der Waals surface area (Å²) in [5.74, 6) is -0.00774. The van der Waals surface area contributed by atoms with Gasteiger partial charge in [0.15, 0.2) is 0 Å². The van der Waals surface area contributed by atoms with E-state index in [1.165, 1.54) is 0 Å². The average Bonchev–Trinajstić information content (AvgIpc) is 2.40. The van der Waals surface area contributed by atoms with Crippen LogP contribution in [0.2, 0.25) is 0 Å². The molecule has 0 spiro atoms. The summed E-state index contributed by atoms with van der Waals surface area (Å²) in [7, 11) is 0. The zero-order chi connectivity index (χ0) is 15.7. The standard InChI is InChI=1S/C17H24N2O2/c1-6-13-17(21)19(15(10(2)3)16(20)18-13)14-8-7-11(4)9-12(14)5/h7-10,13,15H,6H2,1-5H3,(H,18,20). The third-order valence-corrected chi connectivity index (χ3v) is 4.05. The highest BCUT2D eigenvalue weighted by Gasteiger charge is 2.42. The highest BCUT2D eigenvalue weighted by atomic mass is 16.2. The Hall–Kier alpha value is -1.84. The van der Waals surface area contributed by atoms with E-state index in [-0.39, 0.29) is 17.7 Å². The minimum absolute atomic E-state index is 0.0113. The van der Waals surface area contributed by atoms with Crippen molar-refractivity contribution in [3.8, 4) is 0 Å². The van der Waals surface area contributed by atoms with Gasteiger partial charge in [0, 0.05) is 5.69 Å². The molecule has 1 aromatic carbocycles. The van der Waals surface area contributed by atoms with E-state index in [4.69, 9.17) is 0 Å². The monoisotopic (exact) mass is 288 g/mol. The number of carbonyl (C=O) groups is 2. The molecule has 21 heavy (non-hydrogen) atoms. The van der Waals surface area contributed by atoms with Crippen LogP contribution in [0.3, 0.4) is 0 Å². The summed E-state index contributed by atoms with van der Waals surface area (Å²) in [5, 5.41) is 2.85. The SMILES string of the molecule is CCC1NC(=O)C(C(C)C)N(c2ccc(C)cc2C)C1=O. The van der Waals surface area contributed by atoms with E-state index in [9.17, 15) is 9.59 Å². The molecule has 2 amide bonds. The zero-order valence-electron chi connectivity index (χ0n) is 13.4. The quantitative estimate of drug-likeness (QED) is 0.929. The van der Waals surface area contributed by atoms with Crippen molar-refractivity contribution in [1.82, 2.24) is 5.32 Å². The van der Waals surface area contributed by atoms with E-state index < -0.39 is 12.1 Å². The van der Waals surface area contributed by atoms with Crippen LogP contribution in [0.25, 0.3) is 0 Å². The number of anilines is 1. The van der Waals surface area contributed by atoms with Gasteiger partial charge >= 0.3 is 0 Å². The molecule has 0 saturated carbocycles. The van der Waals surface area contributed by atoms with Crippen LogP contribution in [-0.2, 0) is 9.59 Å². The van der Waals surface area contributed by atoms with Crippen molar-refractivity contribution in [2.75, 3.05) is 4.90 Å². The first kappa shape index (κ1) is 15.5. The molecule has 0 aromatic heterocycles. The van der Waals surface area contributed by atoms with Gasteiger partial charge in [-0.2, -0.15) is 0 Å². The van der Waals surface area contributed by atoms with Gasteiger partial charge in [-0.15, -0.1) is 0 Å². The second-order valence-electron chi connectivity index (χ2n) is 6.16. The lowest BCUT2D eigenvalue weighted by Gasteiger charge is -2.41. The molecule has 1 aliphatic heterocycles. The Morgan fingerprint density at radius 1 is 1.24 bits per heavy atom. The number of benzene rings is 1. The van der Waals surface area contributed by atoms with E-state index >= 15 is 0 Å². The van der Waals surface area contributed by atoms with Gasteiger partial charge < -0.3 is 5.32 Å². The summed E-state index contributed by atoms with van der Waals surface area (Å²) >= 11 is 0. The number of nitrogens with one attached hydrogen (secondary N) is 1. The Morgan fingerprint density at radius 3 is 2.43 bits per heavy atom. The topological polar surface area (TPSA) is 49.4 Å². The molecule has 4 heteroatoms. The number of carbonyl (C=O) groups excluding carboxylic acids is 2. The number of rotatable bonds is 3. The maximum atomic E-state index is 12.8. The third-order valence-electron chi connectivity index (χ3n) is 4.05. The van der Waals surface area contributed by atoms with Crippen LogP contribution in [0.4, 0.5) is 5.69 Å². The van der Waals surface area contributed by atoms with E-state index in [0.29, 0.717) is 6.42 Å². The molecule has 0 aliphatic carbocycles. The fourth-order valence-corrected chi connectivity index (χ4v) is 2.96. The maximum Gasteiger partial charge on any atom is 0.250 e. The highest BCUT2D eigenvalue weighted by Crippen LogP contribution is 2.29. The number of aryl methyl sites for hydroxylation is 2. The van der Waals surface area contributed by atoms with E-state index in [0.717, 1.165) is 16.8 Å². The molecule has 1 saturated heterocycles. The second kappa shape index (κ2) is 5.88. The number of hydrogen-bond acceptors (Lipinski definition) is 2. The molecule has 2 unspecified atom stereocenters. The molecule has 4 nitrogen and oxygen atoms in total. The van der Waals surface area contributed by atoms with Crippen molar-refractivity contribution in [3.05, 3.63) is 29.3 Å². The van der Waals surface area contributed by atoms with Gasteiger partial charge in [-0.05, 0) is 37.8 Å². The summed E-state index contributed by atoms with van der Waals surface area (Å²) in [4.78, 5) is 26.9. The largest absolute Gasteiger partial charge is 0.342 e. The predicted molar refractivity (Wildman–Crippen MR) is 84.2 cm³/mol. The minimum atomic E-state index is -0.443. The molecule has 0 radical (unpaired) electrons. The van der Waals surface area contributed by atoms with Gasteiger partial charge in [0.25, 0.3) is 0 Å². The highest BCUT2D eigenvalue weighted by molar-refractivity contribution is 6.08. The van der Waals surface area contributed by atoms with E-state index in [1.807, 2.05) is 52.8 Å². The molecule has 2 rings (SSSR count). The summed E-state index contributed by atoms with van der Waals surface area (Å²) in [5.41, 5.74) is 3.02. The summed E-state index contributed by atoms with van der Waals surface area (Å²) in [6.45, 7) is 9.87. The van der Waals surface area contributed by atoms with Crippen LogP contribution in [0, 0.1) is 19.8 Å². The Bertz CT molecular complexity index is 566. The predicted octanol–water partition coefficient (Wildman–Crippen LogP) is 2.57. The van der Waals surface area contributed by atoms with Gasteiger partial charge in [0.05, 0.1) is 0 Å². The van der Waals surface area contributed by atoms with Crippen LogP contribution >= 0.6 is 0 Å². The fourth-order valence-electron chi connectivity index (χ4n) is 2.96. The number of amides is 2. The molecule has 114 valence electrons. The van der Waals surface area contributed by atoms with Gasteiger partial charge in [-0.1, -0.05) is 38.5 Å². The zero-order valence-corrected chi connectivity index (χ0v) is 13.4. The first-order valence-corrected chi connectivity index (χ1v) is 7.57. The average molecular weight is 288 g/mol. The second-order valence-corrected chi connectivity index (χ2v) is 6.16. The van der Waals surface area contributed by atoms with Gasteiger partial charge in [0.1, 0.15) is 12.1 Å². The van der Waals surface area contributed by atoms with E-state index in [1.54, 1.807) is 4.90 Å². The molecular weight excluding hydrogens is 264 g/mol. The van der Waals surface area contributed by atoms with Crippen molar-refractivity contribution in [1.29, 1.82) is 0 Å². The van der Waals surface area contributed by atoms with E-state index in [2.05, 4.69) is 5.32 Å². The maximum absolute atomic E-state index is 12.8. The van der Waals surface area contributed by atoms with Crippen LogP contribution < -0.4 is 10.2 Å². The molecule has 1 heterocycles. The van der Waals surface area contributed by atoms with Gasteiger partial charge in [-0.3, -0.25) is 14.5 Å². The lowest BCUT2D eigenvalue weighted by Crippen LogP contribution is -2.65. The number of nitrogens with zero attached hydrogens (tertiary/aromatic N) is 1. The van der Waals surface area contributed by atoms with Crippen molar-refractivity contribution in [3.63, 3.8) is 0 Å². The molecule has 1 aromatic rings. The first-order chi connectivity index (χ1) is 9.86. The third kappa shape index (κ3) is 2.80. The molecule has 1 fully saturated rings. The summed E-state index contributed by atoms with van der Waals surface area (Å²) in [6.07, 6.45) is 0.608. The van der Waals surface area contributed by atoms with Gasteiger partial charge in [0.2, 0.25) is 11.8 Å². The smallest absolute Gasteiger partial charge is 0.250 e. The fraction of sp³-hybridized carbons (Fsp3) is 0.529. The Labute approximate surface area is 126 Å². The Balaban J connectivity index is 2.52. The molecule has 1 N–H and O–H groups in total. The van der Waals surface area contributed by atoms with Crippen LogP contribution in [0.15, 0.2) is 18.2 Å². The van der Waals surface area contributed by atoms with Crippen LogP contribution in [-0.4, -0.2) is 23.9 Å². The molecule has 1 aliphatic rings. The minimum Gasteiger partial charge on any atom is -0.342 e. The molecule has 2 atom stereocenters. The summed E-state index contributed by atoms with van der Waals surface area (Å²) < 4.78 is 0. The normalized spacial score (nSPS) is 22.7. The number of hydrogen-bond donors (Lipinski definition) is 1. The van der Waals surface area contributed by atoms with Crippen molar-refractivity contribution in [2.24, 2.45) is 5.92 Å². The Morgan fingerprint density at radius 2 is 1.90 bits per heavy atom. The van der Waals surface area contributed by atoms with Gasteiger partial charge in [-0.25, -0.2) is 0 Å². The van der Waals surface area contributed by atoms with Crippen molar-refractivity contribution >= 4 is 17.5 Å². The number of piperazine rings is 1. The van der Waals surface area contributed by atoms with Crippen molar-refractivity contribution in [2.45, 2.75) is 53.1 Å². The van der Waals surface area contributed by atoms with Crippen LogP contribution in [0.1, 0.15) is 38.3 Å². The van der Waals surface area contributed by atoms with Crippen molar-refractivity contribution < 1.29 is 9.59 Å². The van der Waals surface area contributed by atoms with Crippen LogP contribution in [0.5, 0.6) is 0 Å². The Kier molecular flexibility index (Phi) is 4.35. The lowest BCUT2D eigenvalue weighted by molar-refractivity contribution is -0.134. The lowest BCUT2D eigenvalue weighted by atomic mass is 9.94. The molecular formula is C17H24N2O2. The first-order valence-electron chi connectivity index (χ1n) is 7.57. The molecule has 0 bridgehead atoms.